The van der Waals surface area contributed by atoms with Gasteiger partial charge in [-0.2, -0.15) is 0 Å². The van der Waals surface area contributed by atoms with Crippen molar-refractivity contribution in [3.63, 3.8) is 0 Å². The van der Waals surface area contributed by atoms with Crippen molar-refractivity contribution in [1.29, 1.82) is 0 Å². The summed E-state index contributed by atoms with van der Waals surface area (Å²) in [6.07, 6.45) is 1.61. The van der Waals surface area contributed by atoms with Gasteiger partial charge in [-0.3, -0.25) is 0 Å². The van der Waals surface area contributed by atoms with Crippen LogP contribution < -0.4 is 15.4 Å². The first kappa shape index (κ1) is 16.9. The fourth-order valence-corrected chi connectivity index (χ4v) is 2.17. The van der Waals surface area contributed by atoms with E-state index in [1.54, 1.807) is 13.4 Å². The number of benzene rings is 1. The van der Waals surface area contributed by atoms with Crippen LogP contribution in [0.2, 0.25) is 0 Å². The number of ether oxygens (including phenoxy) is 1. The van der Waals surface area contributed by atoms with E-state index in [0.29, 0.717) is 18.0 Å². The number of rotatable bonds is 4. The summed E-state index contributed by atoms with van der Waals surface area (Å²) < 4.78 is 5.32. The molecule has 0 atom stereocenters. The van der Waals surface area contributed by atoms with E-state index < -0.39 is 0 Å². The van der Waals surface area contributed by atoms with E-state index in [1.165, 1.54) is 0 Å². The Bertz CT molecular complexity index is 686. The average Bonchev–Trinajstić information content (AvgIpc) is 2.89. The van der Waals surface area contributed by atoms with Crippen molar-refractivity contribution >= 4 is 11.7 Å². The molecule has 2 amide bonds. The molecule has 0 aliphatic heterocycles. The molecule has 0 radical (unpaired) electrons. The molecule has 0 saturated heterocycles. The molecule has 0 aliphatic rings. The van der Waals surface area contributed by atoms with Crippen LogP contribution in [0.1, 0.15) is 37.7 Å². The van der Waals surface area contributed by atoms with Crippen molar-refractivity contribution < 1.29 is 9.53 Å². The molecular formula is C17H24N4O2. The second kappa shape index (κ2) is 6.73. The van der Waals surface area contributed by atoms with Gasteiger partial charge in [-0.15, -0.1) is 0 Å². The number of aryl methyl sites for hydroxylation is 1. The van der Waals surface area contributed by atoms with Gasteiger partial charge in [0.2, 0.25) is 0 Å². The first-order chi connectivity index (χ1) is 10.8. The summed E-state index contributed by atoms with van der Waals surface area (Å²) in [5, 5.41) is 5.64. The zero-order chi connectivity index (χ0) is 17.0. The highest BCUT2D eigenvalue weighted by Gasteiger charge is 2.17. The predicted molar refractivity (Wildman–Crippen MR) is 90.9 cm³/mol. The number of amides is 2. The van der Waals surface area contributed by atoms with Gasteiger partial charge in [0.25, 0.3) is 0 Å². The van der Waals surface area contributed by atoms with Crippen LogP contribution in [0, 0.1) is 6.92 Å². The van der Waals surface area contributed by atoms with E-state index in [4.69, 9.17) is 4.74 Å². The minimum atomic E-state index is -0.295. The Kier molecular flexibility index (Phi) is 4.93. The van der Waals surface area contributed by atoms with Crippen LogP contribution in [-0.2, 0) is 12.0 Å². The van der Waals surface area contributed by atoms with Crippen molar-refractivity contribution in [1.82, 2.24) is 15.3 Å². The minimum absolute atomic E-state index is 0.00860. The largest absolute Gasteiger partial charge is 0.495 e. The average molecular weight is 316 g/mol. The lowest BCUT2D eigenvalue weighted by Gasteiger charge is -2.21. The van der Waals surface area contributed by atoms with Gasteiger partial charge in [0, 0.05) is 5.69 Å². The molecule has 0 bridgehead atoms. The van der Waals surface area contributed by atoms with Crippen LogP contribution in [0.25, 0.3) is 0 Å². The Hall–Kier alpha value is -2.50. The zero-order valence-electron chi connectivity index (χ0n) is 14.3. The van der Waals surface area contributed by atoms with E-state index >= 15 is 0 Å². The summed E-state index contributed by atoms with van der Waals surface area (Å²) in [4.78, 5) is 19.3. The number of carbonyl (C=O) groups is 1. The van der Waals surface area contributed by atoms with Crippen molar-refractivity contribution in [2.24, 2.45) is 0 Å². The molecule has 1 aromatic heterocycles. The highest BCUT2D eigenvalue weighted by molar-refractivity contribution is 5.91. The standard InChI is InChI=1S/C17H24N4O2/c1-11-14(20-10-19-11)9-18-16(22)21-13-8-12(17(2,3)4)6-7-15(13)23-5/h6-8,10H,9H2,1-5H3,(H,19,20)(H2,18,21,22). The highest BCUT2D eigenvalue weighted by Crippen LogP contribution is 2.31. The molecule has 1 heterocycles. The Labute approximate surface area is 136 Å². The van der Waals surface area contributed by atoms with Gasteiger partial charge >= 0.3 is 6.03 Å². The first-order valence-corrected chi connectivity index (χ1v) is 7.53. The molecule has 0 aliphatic carbocycles. The SMILES string of the molecule is COc1ccc(C(C)(C)C)cc1NC(=O)NCc1nc[nH]c1C. The van der Waals surface area contributed by atoms with E-state index in [1.807, 2.05) is 25.1 Å². The van der Waals surface area contributed by atoms with E-state index in [2.05, 4.69) is 41.4 Å². The maximum atomic E-state index is 12.1. The lowest BCUT2D eigenvalue weighted by atomic mass is 9.87. The van der Waals surface area contributed by atoms with Crippen molar-refractivity contribution in [2.75, 3.05) is 12.4 Å². The number of hydrogen-bond acceptors (Lipinski definition) is 3. The number of methoxy groups -OCH3 is 1. The van der Waals surface area contributed by atoms with Crippen LogP contribution >= 0.6 is 0 Å². The Morgan fingerprint density at radius 1 is 1.35 bits per heavy atom. The summed E-state index contributed by atoms with van der Waals surface area (Å²) in [6, 6.07) is 5.53. The second-order valence-corrected chi connectivity index (χ2v) is 6.45. The van der Waals surface area contributed by atoms with Gasteiger partial charge in [-0.25, -0.2) is 9.78 Å². The predicted octanol–water partition coefficient (Wildman–Crippen LogP) is 3.35. The van der Waals surface area contributed by atoms with Crippen molar-refractivity contribution in [2.45, 2.75) is 39.7 Å². The summed E-state index contributed by atoms with van der Waals surface area (Å²) in [5.41, 5.74) is 3.52. The quantitative estimate of drug-likeness (QED) is 0.809. The first-order valence-electron chi connectivity index (χ1n) is 7.53. The Morgan fingerprint density at radius 3 is 2.65 bits per heavy atom. The van der Waals surface area contributed by atoms with E-state index in [0.717, 1.165) is 17.0 Å². The summed E-state index contributed by atoms with van der Waals surface area (Å²) >= 11 is 0. The van der Waals surface area contributed by atoms with Crippen LogP contribution in [0.15, 0.2) is 24.5 Å². The molecule has 23 heavy (non-hydrogen) atoms. The lowest BCUT2D eigenvalue weighted by molar-refractivity contribution is 0.251. The van der Waals surface area contributed by atoms with Gasteiger partial charge < -0.3 is 20.4 Å². The van der Waals surface area contributed by atoms with Gasteiger partial charge in [0.1, 0.15) is 5.75 Å². The molecule has 0 saturated carbocycles. The number of nitrogens with zero attached hydrogens (tertiary/aromatic N) is 1. The van der Waals surface area contributed by atoms with Crippen LogP contribution in [0.4, 0.5) is 10.5 Å². The van der Waals surface area contributed by atoms with Crippen LogP contribution in [0.3, 0.4) is 0 Å². The van der Waals surface area contributed by atoms with Gasteiger partial charge in [-0.05, 0) is 30.0 Å². The monoisotopic (exact) mass is 316 g/mol. The Morgan fingerprint density at radius 2 is 2.09 bits per heavy atom. The second-order valence-electron chi connectivity index (χ2n) is 6.45. The fraction of sp³-hybridized carbons (Fsp3) is 0.412. The zero-order valence-corrected chi connectivity index (χ0v) is 14.3. The molecule has 0 unspecified atom stereocenters. The van der Waals surface area contributed by atoms with E-state index in [9.17, 15) is 4.79 Å². The molecular weight excluding hydrogens is 292 g/mol. The van der Waals surface area contributed by atoms with Gasteiger partial charge in [0.05, 0.1) is 31.4 Å². The topological polar surface area (TPSA) is 79.0 Å². The molecule has 2 rings (SSSR count). The number of anilines is 1. The number of H-pyrrole nitrogens is 1. The van der Waals surface area contributed by atoms with Gasteiger partial charge in [0.15, 0.2) is 0 Å². The minimum Gasteiger partial charge on any atom is -0.495 e. The highest BCUT2D eigenvalue weighted by atomic mass is 16.5. The third kappa shape index (κ3) is 4.25. The molecule has 1 aromatic carbocycles. The maximum Gasteiger partial charge on any atom is 0.319 e. The third-order valence-electron chi connectivity index (χ3n) is 3.66. The number of nitrogens with one attached hydrogen (secondary N) is 3. The molecule has 6 nitrogen and oxygen atoms in total. The fourth-order valence-electron chi connectivity index (χ4n) is 2.17. The molecule has 0 fully saturated rings. The summed E-state index contributed by atoms with van der Waals surface area (Å²) in [7, 11) is 1.59. The number of imidazole rings is 1. The smallest absolute Gasteiger partial charge is 0.319 e. The summed E-state index contributed by atoms with van der Waals surface area (Å²) in [6.45, 7) is 8.65. The lowest BCUT2D eigenvalue weighted by Crippen LogP contribution is -2.29. The van der Waals surface area contributed by atoms with Crippen molar-refractivity contribution in [3.05, 3.63) is 41.5 Å². The molecule has 3 N–H and O–H groups in total. The molecule has 2 aromatic rings. The van der Waals surface area contributed by atoms with Crippen molar-refractivity contribution in [3.8, 4) is 5.75 Å². The third-order valence-corrected chi connectivity index (χ3v) is 3.66. The molecule has 0 spiro atoms. The molecule has 124 valence electrons. The number of hydrogen-bond donors (Lipinski definition) is 3. The maximum absolute atomic E-state index is 12.1. The number of aromatic amines is 1. The van der Waals surface area contributed by atoms with Gasteiger partial charge in [-0.1, -0.05) is 26.8 Å². The van der Waals surface area contributed by atoms with E-state index in [-0.39, 0.29) is 11.4 Å². The number of urea groups is 1. The van der Waals surface area contributed by atoms with Crippen LogP contribution in [-0.4, -0.2) is 23.1 Å². The number of aromatic nitrogens is 2. The van der Waals surface area contributed by atoms with Crippen LogP contribution in [0.5, 0.6) is 5.75 Å². The normalized spacial score (nSPS) is 11.2. The summed E-state index contributed by atoms with van der Waals surface area (Å²) in [5.74, 6) is 0.629. The Balaban J connectivity index is 2.08. The molecule has 6 heteroatoms. The number of carbonyl (C=O) groups excluding carboxylic acids is 1.